The predicted octanol–water partition coefficient (Wildman–Crippen LogP) is 5.69. The lowest BCUT2D eigenvalue weighted by Crippen LogP contribution is -2.47. The Morgan fingerprint density at radius 2 is 1.57 bits per heavy atom. The van der Waals surface area contributed by atoms with Crippen molar-refractivity contribution >= 4 is 5.91 Å². The van der Waals surface area contributed by atoms with E-state index in [-0.39, 0.29) is 17.6 Å². The van der Waals surface area contributed by atoms with Crippen LogP contribution < -0.4 is 4.74 Å². The van der Waals surface area contributed by atoms with Crippen LogP contribution in [0.3, 0.4) is 0 Å². The van der Waals surface area contributed by atoms with E-state index in [9.17, 15) is 4.79 Å². The van der Waals surface area contributed by atoms with Crippen LogP contribution in [0.2, 0.25) is 0 Å². The lowest BCUT2D eigenvalue weighted by molar-refractivity contribution is -0.0911. The first-order chi connectivity index (χ1) is 16.5. The average molecular weight is 485 g/mol. The number of hydrogen-bond acceptors (Lipinski definition) is 5. The van der Waals surface area contributed by atoms with Crippen molar-refractivity contribution in [3.8, 4) is 5.75 Å². The van der Waals surface area contributed by atoms with Gasteiger partial charge in [-0.25, -0.2) is 0 Å². The molecule has 4 rings (SSSR count). The third-order valence-electron chi connectivity index (χ3n) is 7.53. The maximum absolute atomic E-state index is 12.2. The van der Waals surface area contributed by atoms with Gasteiger partial charge in [0.05, 0.1) is 18.3 Å². The Kier molecular flexibility index (Phi) is 7.70. The first-order valence-electron chi connectivity index (χ1n) is 13.3. The summed E-state index contributed by atoms with van der Waals surface area (Å²) >= 11 is 0. The second-order valence-electron chi connectivity index (χ2n) is 11.8. The van der Waals surface area contributed by atoms with Crippen molar-refractivity contribution in [1.82, 2.24) is 9.80 Å². The zero-order valence-corrected chi connectivity index (χ0v) is 22.5. The number of benzene rings is 1. The predicted molar refractivity (Wildman–Crippen MR) is 139 cm³/mol. The van der Waals surface area contributed by atoms with Crippen LogP contribution in [0.5, 0.6) is 5.75 Å². The van der Waals surface area contributed by atoms with Gasteiger partial charge >= 0.3 is 0 Å². The Morgan fingerprint density at radius 3 is 2.11 bits per heavy atom. The summed E-state index contributed by atoms with van der Waals surface area (Å²) in [6.45, 7) is 12.5. The summed E-state index contributed by atoms with van der Waals surface area (Å²) in [5, 5.41) is 0. The molecule has 1 aromatic rings. The second-order valence-corrected chi connectivity index (χ2v) is 11.8. The van der Waals surface area contributed by atoms with E-state index < -0.39 is 0 Å². The van der Waals surface area contributed by atoms with E-state index in [2.05, 4.69) is 32.3 Å². The lowest BCUT2D eigenvalue weighted by Gasteiger charge is -2.43. The summed E-state index contributed by atoms with van der Waals surface area (Å²) in [7, 11) is 3.55. The van der Waals surface area contributed by atoms with Crippen LogP contribution in [0.25, 0.3) is 0 Å². The van der Waals surface area contributed by atoms with Crippen LogP contribution in [0.4, 0.5) is 0 Å². The van der Waals surface area contributed by atoms with E-state index in [1.807, 2.05) is 25.1 Å². The molecule has 2 heterocycles. The Hall–Kier alpha value is -2.21. The molecular weight excluding hydrogens is 440 g/mol. The van der Waals surface area contributed by atoms with Gasteiger partial charge in [0.2, 0.25) is 0 Å². The maximum atomic E-state index is 12.2. The summed E-state index contributed by atoms with van der Waals surface area (Å²) in [5.74, 6) is 1.73. The fraction of sp³-hybridized carbons (Fsp3) is 0.690. The first-order valence-corrected chi connectivity index (χ1v) is 13.3. The Bertz CT molecular complexity index is 900. The number of carbonyl (C=O) groups is 1. The zero-order chi connectivity index (χ0) is 25.3. The number of carbonyl (C=O) groups excluding carboxylic acids is 1. The van der Waals surface area contributed by atoms with Gasteiger partial charge in [-0.1, -0.05) is 0 Å². The monoisotopic (exact) mass is 484 g/mol. The standard InChI is InChI=1S/C29H44N2O4/c1-19-16-21(28(32)30(6)7)8-15-27(19)34-25-13-11-24(12-14-25)33-26-17-22-9-10-23(18-26)31(22)20(2)35-29(3,4)5/h8,15-16,22-26H,2,9-14,17-18H2,1,3-7H3. The molecule has 194 valence electrons. The summed E-state index contributed by atoms with van der Waals surface area (Å²) in [4.78, 5) is 16.2. The highest BCUT2D eigenvalue weighted by Gasteiger charge is 2.43. The first kappa shape index (κ1) is 25.9. The molecule has 1 saturated carbocycles. The molecule has 1 aliphatic carbocycles. The highest BCUT2D eigenvalue weighted by molar-refractivity contribution is 5.94. The van der Waals surface area contributed by atoms with Gasteiger partial charge in [-0.15, -0.1) is 0 Å². The molecule has 2 saturated heterocycles. The van der Waals surface area contributed by atoms with Crippen molar-refractivity contribution in [2.45, 2.75) is 115 Å². The van der Waals surface area contributed by atoms with Gasteiger partial charge in [-0.3, -0.25) is 4.79 Å². The van der Waals surface area contributed by atoms with Crippen molar-refractivity contribution in [2.24, 2.45) is 0 Å². The van der Waals surface area contributed by atoms with Gasteiger partial charge < -0.3 is 24.0 Å². The van der Waals surface area contributed by atoms with Crippen LogP contribution >= 0.6 is 0 Å². The minimum atomic E-state index is -0.213. The van der Waals surface area contributed by atoms with Gasteiger partial charge in [0.15, 0.2) is 5.88 Å². The van der Waals surface area contributed by atoms with Gasteiger partial charge in [-0.05, 0) is 109 Å². The smallest absolute Gasteiger partial charge is 0.253 e. The number of fused-ring (bicyclic) bond motifs is 2. The van der Waals surface area contributed by atoms with Crippen molar-refractivity contribution in [3.63, 3.8) is 0 Å². The molecule has 2 atom stereocenters. The molecule has 0 N–H and O–H groups in total. The maximum Gasteiger partial charge on any atom is 0.253 e. The third kappa shape index (κ3) is 6.32. The third-order valence-corrected chi connectivity index (χ3v) is 7.53. The van der Waals surface area contributed by atoms with Crippen molar-refractivity contribution in [2.75, 3.05) is 14.1 Å². The van der Waals surface area contributed by atoms with Crippen molar-refractivity contribution in [1.29, 1.82) is 0 Å². The fourth-order valence-electron chi connectivity index (χ4n) is 5.96. The Morgan fingerprint density at radius 1 is 0.971 bits per heavy atom. The molecule has 0 radical (unpaired) electrons. The van der Waals surface area contributed by atoms with Gasteiger partial charge in [0, 0.05) is 31.7 Å². The molecule has 6 heteroatoms. The number of hydrogen-bond donors (Lipinski definition) is 0. The molecule has 2 aliphatic heterocycles. The Labute approximate surface area is 211 Å². The van der Waals surface area contributed by atoms with E-state index in [4.69, 9.17) is 14.2 Å². The minimum absolute atomic E-state index is 0.0163. The molecule has 3 aliphatic rings. The van der Waals surface area contributed by atoms with Gasteiger partial charge in [0.25, 0.3) is 5.91 Å². The SMILES string of the molecule is C=C(OC(C)(C)C)N1C2CCC1CC(OC1CCC(Oc3ccc(C(=O)N(C)C)cc3C)CC1)C2. The number of ether oxygens (including phenoxy) is 3. The van der Waals surface area contributed by atoms with Crippen molar-refractivity contribution < 1.29 is 19.0 Å². The zero-order valence-electron chi connectivity index (χ0n) is 22.5. The number of aryl methyl sites for hydroxylation is 1. The minimum Gasteiger partial charge on any atom is -0.490 e. The van der Waals surface area contributed by atoms with Crippen LogP contribution in [0.15, 0.2) is 30.7 Å². The molecule has 2 unspecified atom stereocenters. The molecule has 1 aromatic carbocycles. The summed E-state index contributed by atoms with van der Waals surface area (Å²) < 4.78 is 19.1. The summed E-state index contributed by atoms with van der Waals surface area (Å²) in [5.41, 5.74) is 1.50. The van der Waals surface area contributed by atoms with E-state index in [1.165, 1.54) is 12.8 Å². The molecule has 1 amide bonds. The second kappa shape index (κ2) is 10.4. The van der Waals surface area contributed by atoms with E-state index in [0.717, 1.165) is 55.7 Å². The topological polar surface area (TPSA) is 51.2 Å². The average Bonchev–Trinajstić information content (AvgIpc) is 3.05. The lowest BCUT2D eigenvalue weighted by atomic mass is 9.93. The molecule has 35 heavy (non-hydrogen) atoms. The number of nitrogens with zero attached hydrogens (tertiary/aromatic N) is 2. The molecule has 0 aromatic heterocycles. The fourth-order valence-corrected chi connectivity index (χ4v) is 5.96. The quantitative estimate of drug-likeness (QED) is 0.466. The van der Waals surface area contributed by atoms with Crippen LogP contribution in [-0.2, 0) is 9.47 Å². The van der Waals surface area contributed by atoms with Crippen molar-refractivity contribution in [3.05, 3.63) is 41.8 Å². The molecular formula is C29H44N2O4. The number of amides is 1. The number of rotatable bonds is 7. The number of piperidine rings is 1. The van der Waals surface area contributed by atoms with Crippen LogP contribution in [0, 0.1) is 6.92 Å². The Balaban J connectivity index is 1.24. The normalized spacial score (nSPS) is 28.5. The summed E-state index contributed by atoms with van der Waals surface area (Å²) in [6.07, 6.45) is 9.49. The molecule has 6 nitrogen and oxygen atoms in total. The molecule has 2 bridgehead atoms. The van der Waals surface area contributed by atoms with Gasteiger partial charge in [0.1, 0.15) is 11.4 Å². The van der Waals surface area contributed by atoms with Gasteiger partial charge in [-0.2, -0.15) is 0 Å². The van der Waals surface area contributed by atoms with Crippen LogP contribution in [-0.4, -0.2) is 65.8 Å². The largest absolute Gasteiger partial charge is 0.490 e. The highest BCUT2D eigenvalue weighted by atomic mass is 16.5. The highest BCUT2D eigenvalue weighted by Crippen LogP contribution is 2.41. The van der Waals surface area contributed by atoms with E-state index >= 15 is 0 Å². The van der Waals surface area contributed by atoms with E-state index in [1.54, 1.807) is 19.0 Å². The summed E-state index contributed by atoms with van der Waals surface area (Å²) in [6, 6.07) is 6.70. The molecule has 3 fully saturated rings. The molecule has 0 spiro atoms. The van der Waals surface area contributed by atoms with E-state index in [0.29, 0.717) is 29.9 Å². The van der Waals surface area contributed by atoms with Crippen LogP contribution in [0.1, 0.15) is 88.1 Å².